The number of hydrogen-bond acceptors (Lipinski definition) is 5. The molecule has 0 unspecified atom stereocenters. The predicted octanol–water partition coefficient (Wildman–Crippen LogP) is 4.40. The lowest BCUT2D eigenvalue weighted by molar-refractivity contribution is -0.0500. The number of carboxylic acid groups (broad SMARTS) is 1. The number of carbonyl (C=O) groups is 1. The van der Waals surface area contributed by atoms with Gasteiger partial charge in [0.1, 0.15) is 11.4 Å². The molecule has 31 heavy (non-hydrogen) atoms. The summed E-state index contributed by atoms with van der Waals surface area (Å²) in [5.74, 6) is -3.63. The molecule has 1 heterocycles. The predicted molar refractivity (Wildman–Crippen MR) is 114 cm³/mol. The Morgan fingerprint density at radius 1 is 1.26 bits per heavy atom. The SMILES string of the molecule is CCc1c(OS(=O)(=O)C(F)(F)F)c(C(=O)O)c(CC)n(-c2cc(I)c(F)cc2Br)c1=O. The fourth-order valence-electron chi connectivity index (χ4n) is 2.80. The van der Waals surface area contributed by atoms with E-state index in [9.17, 15) is 40.7 Å². The third-order valence-corrected chi connectivity index (χ3v) is 6.55. The summed E-state index contributed by atoms with van der Waals surface area (Å²) in [5.41, 5.74) is -8.67. The van der Waals surface area contributed by atoms with Crippen LogP contribution in [0.15, 0.2) is 21.4 Å². The van der Waals surface area contributed by atoms with Crippen LogP contribution in [0.25, 0.3) is 5.69 Å². The lowest BCUT2D eigenvalue weighted by Gasteiger charge is -2.21. The van der Waals surface area contributed by atoms with Crippen molar-refractivity contribution in [2.24, 2.45) is 0 Å². The summed E-state index contributed by atoms with van der Waals surface area (Å²) in [5, 5.41) is 9.68. The van der Waals surface area contributed by atoms with E-state index in [2.05, 4.69) is 20.1 Å². The van der Waals surface area contributed by atoms with E-state index in [-0.39, 0.29) is 32.3 Å². The number of carboxylic acids is 1. The molecule has 2 aromatic rings. The van der Waals surface area contributed by atoms with E-state index in [4.69, 9.17) is 0 Å². The van der Waals surface area contributed by atoms with E-state index in [0.717, 1.165) is 10.6 Å². The molecule has 1 aromatic heterocycles. The first-order valence-corrected chi connectivity index (χ1v) is 11.7. The summed E-state index contributed by atoms with van der Waals surface area (Å²) in [4.78, 5) is 25.1. The summed E-state index contributed by atoms with van der Waals surface area (Å²) in [6.45, 7) is 2.72. The van der Waals surface area contributed by atoms with Crippen LogP contribution in [0.2, 0.25) is 0 Å². The van der Waals surface area contributed by atoms with Crippen molar-refractivity contribution in [3.63, 3.8) is 0 Å². The molecule has 1 N–H and O–H groups in total. The zero-order valence-electron chi connectivity index (χ0n) is 15.7. The number of rotatable bonds is 6. The van der Waals surface area contributed by atoms with Crippen LogP contribution in [0.5, 0.6) is 5.75 Å². The zero-order chi connectivity index (χ0) is 23.9. The topological polar surface area (TPSA) is 103 Å². The summed E-state index contributed by atoms with van der Waals surface area (Å²) >= 11 is 4.74. The second-order valence-electron chi connectivity index (χ2n) is 5.98. The van der Waals surface area contributed by atoms with E-state index in [1.165, 1.54) is 19.9 Å². The first-order chi connectivity index (χ1) is 14.2. The van der Waals surface area contributed by atoms with Crippen LogP contribution in [0, 0.1) is 9.39 Å². The number of aromatic nitrogens is 1. The molecule has 0 bridgehead atoms. The van der Waals surface area contributed by atoms with Gasteiger partial charge in [0.05, 0.1) is 14.8 Å². The maximum atomic E-state index is 13.9. The van der Waals surface area contributed by atoms with E-state index in [1.54, 1.807) is 22.6 Å². The van der Waals surface area contributed by atoms with Gasteiger partial charge >= 0.3 is 21.6 Å². The van der Waals surface area contributed by atoms with Crippen molar-refractivity contribution in [1.29, 1.82) is 0 Å². The number of alkyl halides is 3. The van der Waals surface area contributed by atoms with Gasteiger partial charge in [-0.1, -0.05) is 13.8 Å². The van der Waals surface area contributed by atoms with E-state index in [1.807, 2.05) is 0 Å². The number of hydrogen-bond donors (Lipinski definition) is 1. The van der Waals surface area contributed by atoms with Crippen molar-refractivity contribution in [2.45, 2.75) is 32.2 Å². The quantitative estimate of drug-likeness (QED) is 0.165. The fourth-order valence-corrected chi connectivity index (χ4v) is 4.24. The Kier molecular flexibility index (Phi) is 7.47. The first kappa shape index (κ1) is 25.6. The number of halogens is 6. The van der Waals surface area contributed by atoms with Gasteiger partial charge in [-0.2, -0.15) is 21.6 Å². The third kappa shape index (κ3) is 4.74. The Morgan fingerprint density at radius 2 is 1.84 bits per heavy atom. The fraction of sp³-hybridized carbons (Fsp3) is 0.294. The summed E-state index contributed by atoms with van der Waals surface area (Å²) in [6.07, 6.45) is -0.550. The Hall–Kier alpha value is -1.68. The van der Waals surface area contributed by atoms with Gasteiger partial charge in [0.25, 0.3) is 5.56 Å². The minimum Gasteiger partial charge on any atom is -0.477 e. The molecule has 0 aliphatic heterocycles. The van der Waals surface area contributed by atoms with Crippen molar-refractivity contribution < 1.29 is 40.1 Å². The van der Waals surface area contributed by atoms with Gasteiger partial charge in [0, 0.05) is 10.2 Å². The molecule has 0 saturated carbocycles. The molecule has 0 amide bonds. The van der Waals surface area contributed by atoms with Crippen LogP contribution in [-0.4, -0.2) is 29.6 Å². The number of aromatic carboxylic acids is 1. The Balaban J connectivity index is 3.06. The molecular formula is C17H13BrF4INO6S. The molecule has 0 spiro atoms. The lowest BCUT2D eigenvalue weighted by Crippen LogP contribution is -2.33. The smallest absolute Gasteiger partial charge is 0.477 e. The molecule has 0 radical (unpaired) electrons. The van der Waals surface area contributed by atoms with Crippen molar-refractivity contribution in [2.75, 3.05) is 0 Å². The van der Waals surface area contributed by atoms with Crippen LogP contribution in [-0.2, 0) is 23.0 Å². The van der Waals surface area contributed by atoms with Gasteiger partial charge < -0.3 is 9.29 Å². The lowest BCUT2D eigenvalue weighted by atomic mass is 10.0. The molecule has 1 aromatic carbocycles. The molecule has 0 saturated heterocycles. The molecule has 170 valence electrons. The van der Waals surface area contributed by atoms with E-state index < -0.39 is 49.8 Å². The molecule has 2 rings (SSSR count). The highest BCUT2D eigenvalue weighted by Crippen LogP contribution is 2.35. The number of nitrogens with zero attached hydrogens (tertiary/aromatic N) is 1. The average molecular weight is 642 g/mol. The zero-order valence-corrected chi connectivity index (χ0v) is 20.2. The number of benzene rings is 1. The second-order valence-corrected chi connectivity index (χ2v) is 9.54. The van der Waals surface area contributed by atoms with E-state index >= 15 is 0 Å². The maximum Gasteiger partial charge on any atom is 0.534 e. The standard InChI is InChI=1S/C17H13BrF4INO6S/c1-3-7-14(30-31(28,29)17(20,21)22)13(16(26)27)11(4-2)24(15(7)25)12-6-10(23)9(19)5-8(12)18/h5-6H,3-4H2,1-2H3,(H,26,27). The first-order valence-electron chi connectivity index (χ1n) is 8.37. The summed E-state index contributed by atoms with van der Waals surface area (Å²) in [6, 6.07) is 2.27. The van der Waals surface area contributed by atoms with Crippen LogP contribution in [0.1, 0.15) is 35.5 Å². The normalized spacial score (nSPS) is 12.1. The van der Waals surface area contributed by atoms with Crippen LogP contribution < -0.4 is 9.74 Å². The monoisotopic (exact) mass is 641 g/mol. The molecule has 14 heteroatoms. The highest BCUT2D eigenvalue weighted by atomic mass is 127. The Bertz CT molecular complexity index is 1230. The van der Waals surface area contributed by atoms with Crippen LogP contribution in [0.3, 0.4) is 0 Å². The van der Waals surface area contributed by atoms with Gasteiger partial charge in [-0.25, -0.2) is 9.18 Å². The van der Waals surface area contributed by atoms with Crippen molar-refractivity contribution in [3.8, 4) is 11.4 Å². The van der Waals surface area contributed by atoms with Crippen LogP contribution in [0.4, 0.5) is 17.6 Å². The minimum atomic E-state index is -6.25. The molecule has 0 aliphatic rings. The molecule has 0 atom stereocenters. The number of pyridine rings is 1. The van der Waals surface area contributed by atoms with Gasteiger partial charge in [-0.15, -0.1) is 0 Å². The molecule has 7 nitrogen and oxygen atoms in total. The molecular weight excluding hydrogens is 629 g/mol. The van der Waals surface area contributed by atoms with Gasteiger partial charge in [-0.3, -0.25) is 9.36 Å². The molecule has 0 fully saturated rings. The van der Waals surface area contributed by atoms with E-state index in [0.29, 0.717) is 0 Å². The Labute approximate surface area is 195 Å². The second kappa shape index (κ2) is 9.05. The van der Waals surface area contributed by atoms with Crippen molar-refractivity contribution in [1.82, 2.24) is 4.57 Å². The molecule has 0 aliphatic carbocycles. The van der Waals surface area contributed by atoms with Gasteiger partial charge in [0.15, 0.2) is 5.75 Å². The highest BCUT2D eigenvalue weighted by Gasteiger charge is 2.49. The van der Waals surface area contributed by atoms with Gasteiger partial charge in [-0.05, 0) is 63.5 Å². The van der Waals surface area contributed by atoms with Gasteiger partial charge in [0.2, 0.25) is 0 Å². The maximum absolute atomic E-state index is 13.9. The minimum absolute atomic E-state index is 0.0232. The summed E-state index contributed by atoms with van der Waals surface area (Å²) in [7, 11) is -6.25. The summed E-state index contributed by atoms with van der Waals surface area (Å²) < 4.78 is 80.8. The highest BCUT2D eigenvalue weighted by molar-refractivity contribution is 14.1. The van der Waals surface area contributed by atoms with Crippen molar-refractivity contribution in [3.05, 3.63) is 53.2 Å². The van der Waals surface area contributed by atoms with Crippen LogP contribution >= 0.6 is 38.5 Å². The third-order valence-electron chi connectivity index (χ3n) is 4.13. The average Bonchev–Trinajstić information content (AvgIpc) is 2.63. The Morgan fingerprint density at radius 3 is 2.29 bits per heavy atom. The van der Waals surface area contributed by atoms with Crippen molar-refractivity contribution >= 4 is 54.6 Å². The largest absolute Gasteiger partial charge is 0.534 e.